The van der Waals surface area contributed by atoms with Crippen LogP contribution in [0.15, 0.2) is 41.8 Å². The standard InChI is InChI=1S/C16H17N5OS/c1-22-11-6-4-10(5-7-11)12-9-13(14-3-2-8-23-14)21-16(18-12)19-15(17)20-21/h2-8,12-13H,9H2,1H3,(H3,17,18,19,20)/t12-,13+/m0/s1. The molecule has 23 heavy (non-hydrogen) atoms. The Morgan fingerprint density at radius 1 is 1.30 bits per heavy atom. The van der Waals surface area contributed by atoms with E-state index in [1.54, 1.807) is 18.4 Å². The summed E-state index contributed by atoms with van der Waals surface area (Å²) in [7, 11) is 1.67. The van der Waals surface area contributed by atoms with Crippen LogP contribution in [0, 0.1) is 0 Å². The van der Waals surface area contributed by atoms with Crippen molar-refractivity contribution in [3.63, 3.8) is 0 Å². The Hall–Kier alpha value is -2.54. The summed E-state index contributed by atoms with van der Waals surface area (Å²) in [6, 6.07) is 12.6. The van der Waals surface area contributed by atoms with Crippen LogP contribution in [0.25, 0.3) is 0 Å². The molecule has 0 radical (unpaired) electrons. The van der Waals surface area contributed by atoms with Crippen molar-refractivity contribution in [3.8, 4) is 5.75 Å². The third-order valence-corrected chi connectivity index (χ3v) is 5.07. The van der Waals surface area contributed by atoms with Crippen molar-refractivity contribution in [1.82, 2.24) is 14.8 Å². The van der Waals surface area contributed by atoms with Gasteiger partial charge in [-0.1, -0.05) is 18.2 Å². The minimum Gasteiger partial charge on any atom is -0.497 e. The predicted molar refractivity (Wildman–Crippen MR) is 90.9 cm³/mol. The highest BCUT2D eigenvalue weighted by molar-refractivity contribution is 7.10. The van der Waals surface area contributed by atoms with Gasteiger partial charge in [-0.3, -0.25) is 0 Å². The summed E-state index contributed by atoms with van der Waals surface area (Å²) in [4.78, 5) is 5.58. The lowest BCUT2D eigenvalue weighted by atomic mass is 9.97. The zero-order valence-electron chi connectivity index (χ0n) is 12.6. The number of nitrogens with zero attached hydrogens (tertiary/aromatic N) is 3. The number of nitrogen functional groups attached to an aromatic ring is 1. The van der Waals surface area contributed by atoms with Crippen molar-refractivity contribution in [2.24, 2.45) is 0 Å². The number of ether oxygens (including phenoxy) is 1. The third-order valence-electron chi connectivity index (χ3n) is 4.09. The van der Waals surface area contributed by atoms with Crippen LogP contribution >= 0.6 is 11.3 Å². The molecule has 3 aromatic rings. The SMILES string of the molecule is COc1ccc([C@@H]2C[C@H](c3cccs3)n3nc(N)nc3N2)cc1. The Labute approximate surface area is 137 Å². The molecule has 1 aliphatic heterocycles. The van der Waals surface area contributed by atoms with E-state index in [1.165, 1.54) is 10.4 Å². The molecule has 0 bridgehead atoms. The van der Waals surface area contributed by atoms with Crippen molar-refractivity contribution < 1.29 is 4.74 Å². The van der Waals surface area contributed by atoms with Crippen molar-refractivity contribution in [2.75, 3.05) is 18.2 Å². The van der Waals surface area contributed by atoms with Gasteiger partial charge in [-0.2, -0.15) is 4.98 Å². The zero-order chi connectivity index (χ0) is 15.8. The normalized spacial score (nSPS) is 19.9. The Morgan fingerprint density at radius 3 is 2.83 bits per heavy atom. The molecule has 0 saturated heterocycles. The molecule has 0 saturated carbocycles. The quantitative estimate of drug-likeness (QED) is 0.773. The van der Waals surface area contributed by atoms with E-state index in [9.17, 15) is 0 Å². The lowest BCUT2D eigenvalue weighted by Gasteiger charge is -2.31. The number of thiophene rings is 1. The largest absolute Gasteiger partial charge is 0.497 e. The molecule has 0 spiro atoms. The van der Waals surface area contributed by atoms with Gasteiger partial charge in [0.25, 0.3) is 0 Å². The van der Waals surface area contributed by atoms with Gasteiger partial charge >= 0.3 is 0 Å². The molecule has 1 aliphatic rings. The van der Waals surface area contributed by atoms with E-state index in [0.29, 0.717) is 11.9 Å². The maximum absolute atomic E-state index is 5.80. The number of nitrogens with two attached hydrogens (primary N) is 1. The molecule has 3 heterocycles. The van der Waals surface area contributed by atoms with Crippen molar-refractivity contribution >= 4 is 23.2 Å². The first-order valence-electron chi connectivity index (χ1n) is 7.40. The average Bonchev–Trinajstić information content (AvgIpc) is 3.22. The van der Waals surface area contributed by atoms with Crippen LogP contribution in [0.2, 0.25) is 0 Å². The van der Waals surface area contributed by atoms with E-state index < -0.39 is 0 Å². The lowest BCUT2D eigenvalue weighted by Crippen LogP contribution is -2.27. The number of fused-ring (bicyclic) bond motifs is 1. The summed E-state index contributed by atoms with van der Waals surface area (Å²) in [6.07, 6.45) is 0.892. The average molecular weight is 327 g/mol. The minimum absolute atomic E-state index is 0.142. The van der Waals surface area contributed by atoms with Crippen LogP contribution in [0.4, 0.5) is 11.9 Å². The van der Waals surface area contributed by atoms with Gasteiger partial charge in [-0.15, -0.1) is 16.4 Å². The Morgan fingerprint density at radius 2 is 2.13 bits per heavy atom. The van der Waals surface area contributed by atoms with Gasteiger partial charge in [-0.25, -0.2) is 4.68 Å². The molecule has 0 unspecified atom stereocenters. The molecule has 4 rings (SSSR count). The van der Waals surface area contributed by atoms with E-state index in [1.807, 2.05) is 16.8 Å². The number of nitrogens with one attached hydrogen (secondary N) is 1. The van der Waals surface area contributed by atoms with E-state index in [4.69, 9.17) is 10.5 Å². The van der Waals surface area contributed by atoms with E-state index in [2.05, 4.69) is 45.0 Å². The van der Waals surface area contributed by atoms with Gasteiger partial charge in [-0.05, 0) is 35.6 Å². The highest BCUT2D eigenvalue weighted by atomic mass is 32.1. The second-order valence-corrected chi connectivity index (χ2v) is 6.45. The molecule has 2 atom stereocenters. The van der Waals surface area contributed by atoms with Crippen LogP contribution in [0.5, 0.6) is 5.75 Å². The molecule has 1 aromatic carbocycles. The number of hydrogen-bond donors (Lipinski definition) is 2. The maximum Gasteiger partial charge on any atom is 0.241 e. The smallest absolute Gasteiger partial charge is 0.241 e. The molecule has 6 nitrogen and oxygen atoms in total. The summed E-state index contributed by atoms with van der Waals surface area (Å²) in [5.74, 6) is 1.86. The molecule has 118 valence electrons. The molecule has 7 heteroatoms. The molecule has 3 N–H and O–H groups in total. The fourth-order valence-electron chi connectivity index (χ4n) is 2.97. The molecular formula is C16H17N5OS. The molecule has 0 aliphatic carbocycles. The first-order valence-corrected chi connectivity index (χ1v) is 8.28. The summed E-state index contributed by atoms with van der Waals surface area (Å²) >= 11 is 1.73. The van der Waals surface area contributed by atoms with Gasteiger partial charge < -0.3 is 15.8 Å². The monoisotopic (exact) mass is 327 g/mol. The van der Waals surface area contributed by atoms with Crippen LogP contribution in [0.1, 0.15) is 28.9 Å². The fourth-order valence-corrected chi connectivity index (χ4v) is 3.79. The molecule has 0 amide bonds. The van der Waals surface area contributed by atoms with Crippen LogP contribution in [-0.2, 0) is 0 Å². The molecular weight excluding hydrogens is 310 g/mol. The summed E-state index contributed by atoms with van der Waals surface area (Å²) in [6.45, 7) is 0. The first kappa shape index (κ1) is 14.1. The zero-order valence-corrected chi connectivity index (χ0v) is 13.5. The first-order chi connectivity index (χ1) is 11.2. The van der Waals surface area contributed by atoms with Gasteiger partial charge in [0, 0.05) is 4.88 Å². The highest BCUT2D eigenvalue weighted by Gasteiger charge is 2.31. The van der Waals surface area contributed by atoms with Crippen LogP contribution in [-0.4, -0.2) is 21.9 Å². The molecule has 0 fully saturated rings. The van der Waals surface area contributed by atoms with Gasteiger partial charge in [0.2, 0.25) is 11.9 Å². The maximum atomic E-state index is 5.80. The lowest BCUT2D eigenvalue weighted by molar-refractivity contribution is 0.413. The van der Waals surface area contributed by atoms with Crippen molar-refractivity contribution in [3.05, 3.63) is 52.2 Å². The fraction of sp³-hybridized carbons (Fsp3) is 0.250. The topological polar surface area (TPSA) is 78.0 Å². The van der Waals surface area contributed by atoms with Gasteiger partial charge in [0.05, 0.1) is 19.2 Å². The summed E-state index contributed by atoms with van der Waals surface area (Å²) in [5, 5.41) is 9.87. The number of rotatable bonds is 3. The minimum atomic E-state index is 0.142. The Bertz CT molecular complexity index is 797. The number of anilines is 2. The van der Waals surface area contributed by atoms with E-state index in [-0.39, 0.29) is 12.1 Å². The van der Waals surface area contributed by atoms with Gasteiger partial charge in [0.1, 0.15) is 5.75 Å². The number of benzene rings is 1. The second kappa shape index (κ2) is 5.58. The molecule has 2 aromatic heterocycles. The van der Waals surface area contributed by atoms with Gasteiger partial charge in [0.15, 0.2) is 0 Å². The third kappa shape index (κ3) is 2.53. The van der Waals surface area contributed by atoms with Crippen LogP contribution < -0.4 is 15.8 Å². The van der Waals surface area contributed by atoms with Crippen LogP contribution in [0.3, 0.4) is 0 Å². The highest BCUT2D eigenvalue weighted by Crippen LogP contribution is 2.39. The van der Waals surface area contributed by atoms with E-state index in [0.717, 1.165) is 12.2 Å². The number of methoxy groups -OCH3 is 1. The van der Waals surface area contributed by atoms with Crippen molar-refractivity contribution in [1.29, 1.82) is 0 Å². The predicted octanol–water partition coefficient (Wildman–Crippen LogP) is 3.08. The van der Waals surface area contributed by atoms with Crippen molar-refractivity contribution in [2.45, 2.75) is 18.5 Å². The number of aromatic nitrogens is 3. The summed E-state index contributed by atoms with van der Waals surface area (Å²) < 4.78 is 7.12. The second-order valence-electron chi connectivity index (χ2n) is 5.48. The van der Waals surface area contributed by atoms with E-state index >= 15 is 0 Å². The summed E-state index contributed by atoms with van der Waals surface area (Å²) in [5.41, 5.74) is 6.99. The Balaban J connectivity index is 1.71. The number of hydrogen-bond acceptors (Lipinski definition) is 6. The Kier molecular flexibility index (Phi) is 3.42.